The molecule has 14 heavy (non-hydrogen) atoms. The quantitative estimate of drug-likeness (QED) is 0.684. The summed E-state index contributed by atoms with van der Waals surface area (Å²) >= 11 is 0. The molecule has 0 saturated heterocycles. The van der Waals surface area contributed by atoms with E-state index in [9.17, 15) is 9.18 Å². The van der Waals surface area contributed by atoms with E-state index in [2.05, 4.69) is 10.1 Å². The normalized spacial score (nSPS) is 10.4. The number of hydrogen-bond donors (Lipinski definition) is 2. The van der Waals surface area contributed by atoms with Crippen LogP contribution in [0.4, 0.5) is 10.3 Å². The molecule has 1 heterocycles. The number of aromatic nitrogens is 3. The van der Waals surface area contributed by atoms with Crippen molar-refractivity contribution < 1.29 is 4.39 Å². The summed E-state index contributed by atoms with van der Waals surface area (Å²) in [5.41, 5.74) is 5.30. The number of nitrogens with two attached hydrogens (primary N) is 1. The van der Waals surface area contributed by atoms with E-state index in [1.54, 1.807) is 0 Å². The van der Waals surface area contributed by atoms with Crippen molar-refractivity contribution in [1.82, 2.24) is 14.8 Å². The summed E-state index contributed by atoms with van der Waals surface area (Å²) in [5.74, 6) is -0.343. The number of nitrogen functional groups attached to an aromatic ring is 1. The van der Waals surface area contributed by atoms with Gasteiger partial charge < -0.3 is 5.73 Å². The van der Waals surface area contributed by atoms with Gasteiger partial charge in [0.05, 0.1) is 5.69 Å². The Morgan fingerprint density at radius 1 is 1.36 bits per heavy atom. The van der Waals surface area contributed by atoms with Crippen LogP contribution >= 0.6 is 0 Å². The van der Waals surface area contributed by atoms with Gasteiger partial charge in [0.2, 0.25) is 5.95 Å². The molecular weight excluding hydrogens is 187 g/mol. The van der Waals surface area contributed by atoms with Crippen LogP contribution < -0.4 is 11.4 Å². The summed E-state index contributed by atoms with van der Waals surface area (Å²) in [6.07, 6.45) is 0. The number of hydrogen-bond acceptors (Lipinski definition) is 3. The van der Waals surface area contributed by atoms with Crippen LogP contribution in [0, 0.1) is 5.82 Å². The minimum absolute atomic E-state index is 0.0272. The lowest BCUT2D eigenvalue weighted by Gasteiger charge is -1.97. The minimum Gasteiger partial charge on any atom is -0.368 e. The van der Waals surface area contributed by atoms with Crippen LogP contribution in [0.1, 0.15) is 0 Å². The molecule has 2 aromatic rings. The van der Waals surface area contributed by atoms with Crippen LogP contribution in [-0.2, 0) is 0 Å². The first kappa shape index (κ1) is 8.49. The Morgan fingerprint density at radius 3 is 2.50 bits per heavy atom. The monoisotopic (exact) mass is 194 g/mol. The lowest BCUT2D eigenvalue weighted by molar-refractivity contribution is 0.627. The molecule has 0 amide bonds. The van der Waals surface area contributed by atoms with Crippen molar-refractivity contribution in [3.8, 4) is 5.69 Å². The number of halogens is 1. The van der Waals surface area contributed by atoms with Gasteiger partial charge in [-0.15, -0.1) is 5.10 Å². The first-order valence-electron chi connectivity index (χ1n) is 3.87. The maximum absolute atomic E-state index is 12.6. The standard InChI is InChI=1S/C8H7FN4O/c9-5-1-3-6(4-2-5)13-8(14)11-7(10)12-13/h1-4H,(H3,10,11,12,14). The number of rotatable bonds is 1. The van der Waals surface area contributed by atoms with E-state index >= 15 is 0 Å². The number of benzene rings is 1. The first-order chi connectivity index (χ1) is 6.66. The third-order valence-corrected chi connectivity index (χ3v) is 1.71. The molecule has 0 unspecified atom stereocenters. The zero-order valence-corrected chi connectivity index (χ0v) is 7.07. The highest BCUT2D eigenvalue weighted by Gasteiger charge is 2.03. The van der Waals surface area contributed by atoms with E-state index in [4.69, 9.17) is 5.73 Å². The second-order valence-electron chi connectivity index (χ2n) is 2.70. The van der Waals surface area contributed by atoms with Crippen LogP contribution in [0.2, 0.25) is 0 Å². The molecule has 0 aliphatic heterocycles. The Hall–Kier alpha value is -2.11. The summed E-state index contributed by atoms with van der Waals surface area (Å²) in [5, 5.41) is 3.71. The van der Waals surface area contributed by atoms with Gasteiger partial charge in [-0.25, -0.2) is 9.18 Å². The van der Waals surface area contributed by atoms with Gasteiger partial charge in [0.25, 0.3) is 0 Å². The molecule has 0 spiro atoms. The van der Waals surface area contributed by atoms with Gasteiger partial charge in [-0.3, -0.25) is 4.98 Å². The molecule has 72 valence electrons. The van der Waals surface area contributed by atoms with E-state index in [1.165, 1.54) is 24.3 Å². The predicted octanol–water partition coefficient (Wildman–Crippen LogP) is 0.282. The number of H-pyrrole nitrogens is 1. The van der Waals surface area contributed by atoms with E-state index in [0.717, 1.165) is 4.68 Å². The fraction of sp³-hybridized carbons (Fsp3) is 0. The van der Waals surface area contributed by atoms with Gasteiger partial charge in [-0.05, 0) is 24.3 Å². The maximum Gasteiger partial charge on any atom is 0.349 e. The zero-order chi connectivity index (χ0) is 10.1. The second kappa shape index (κ2) is 2.99. The summed E-state index contributed by atoms with van der Waals surface area (Å²) in [6.45, 7) is 0. The molecule has 0 radical (unpaired) electrons. The van der Waals surface area contributed by atoms with E-state index in [1.807, 2.05) is 0 Å². The van der Waals surface area contributed by atoms with Gasteiger partial charge >= 0.3 is 5.69 Å². The zero-order valence-electron chi connectivity index (χ0n) is 7.07. The Morgan fingerprint density at radius 2 is 2.00 bits per heavy atom. The molecule has 5 nitrogen and oxygen atoms in total. The smallest absolute Gasteiger partial charge is 0.349 e. The molecule has 2 rings (SSSR count). The van der Waals surface area contributed by atoms with Crippen molar-refractivity contribution >= 4 is 5.95 Å². The fourth-order valence-electron chi connectivity index (χ4n) is 1.10. The van der Waals surface area contributed by atoms with E-state index in [0.29, 0.717) is 5.69 Å². The number of nitrogens with one attached hydrogen (secondary N) is 1. The van der Waals surface area contributed by atoms with Gasteiger partial charge in [0.15, 0.2) is 0 Å². The van der Waals surface area contributed by atoms with Crippen molar-refractivity contribution in [2.45, 2.75) is 0 Å². The van der Waals surface area contributed by atoms with Crippen molar-refractivity contribution in [1.29, 1.82) is 0 Å². The highest BCUT2D eigenvalue weighted by molar-refractivity contribution is 5.31. The average Bonchev–Trinajstić information content (AvgIpc) is 2.47. The molecule has 1 aromatic heterocycles. The van der Waals surface area contributed by atoms with Gasteiger partial charge in [0.1, 0.15) is 5.82 Å². The van der Waals surface area contributed by atoms with Crippen LogP contribution in [-0.4, -0.2) is 14.8 Å². The van der Waals surface area contributed by atoms with Crippen LogP contribution in [0.3, 0.4) is 0 Å². The topological polar surface area (TPSA) is 76.7 Å². The molecule has 0 aliphatic rings. The number of nitrogens with zero attached hydrogens (tertiary/aromatic N) is 2. The fourth-order valence-corrected chi connectivity index (χ4v) is 1.10. The van der Waals surface area contributed by atoms with Gasteiger partial charge in [0, 0.05) is 0 Å². The Labute approximate surface area is 78.0 Å². The number of aromatic amines is 1. The van der Waals surface area contributed by atoms with E-state index < -0.39 is 5.69 Å². The molecule has 0 atom stereocenters. The van der Waals surface area contributed by atoms with Crippen molar-refractivity contribution in [2.24, 2.45) is 0 Å². The highest BCUT2D eigenvalue weighted by Crippen LogP contribution is 2.05. The largest absolute Gasteiger partial charge is 0.368 e. The summed E-state index contributed by atoms with van der Waals surface area (Å²) in [7, 11) is 0. The predicted molar refractivity (Wildman–Crippen MR) is 48.6 cm³/mol. The molecule has 3 N–H and O–H groups in total. The van der Waals surface area contributed by atoms with Crippen LogP contribution in [0.25, 0.3) is 5.69 Å². The average molecular weight is 194 g/mol. The second-order valence-corrected chi connectivity index (χ2v) is 2.70. The molecule has 6 heteroatoms. The van der Waals surface area contributed by atoms with E-state index in [-0.39, 0.29) is 11.8 Å². The van der Waals surface area contributed by atoms with Gasteiger partial charge in [-0.2, -0.15) is 4.68 Å². The molecule has 0 bridgehead atoms. The first-order valence-corrected chi connectivity index (χ1v) is 3.87. The molecular formula is C8H7FN4O. The Bertz CT molecular complexity index is 499. The number of anilines is 1. The SMILES string of the molecule is Nc1nn(-c2ccc(F)cc2)c(=O)[nH]1. The maximum atomic E-state index is 12.6. The van der Waals surface area contributed by atoms with Crippen LogP contribution in [0.15, 0.2) is 29.1 Å². The summed E-state index contributed by atoms with van der Waals surface area (Å²) in [4.78, 5) is 13.5. The third-order valence-electron chi connectivity index (χ3n) is 1.71. The van der Waals surface area contributed by atoms with Crippen molar-refractivity contribution in [3.63, 3.8) is 0 Å². The minimum atomic E-state index is -0.450. The summed E-state index contributed by atoms with van der Waals surface area (Å²) in [6, 6.07) is 5.37. The van der Waals surface area contributed by atoms with Crippen LogP contribution in [0.5, 0.6) is 0 Å². The Balaban J connectivity index is 2.54. The molecule has 1 aromatic carbocycles. The third kappa shape index (κ3) is 1.37. The van der Waals surface area contributed by atoms with Crippen molar-refractivity contribution in [3.05, 3.63) is 40.6 Å². The molecule has 0 saturated carbocycles. The Kier molecular flexibility index (Phi) is 1.81. The highest BCUT2D eigenvalue weighted by atomic mass is 19.1. The van der Waals surface area contributed by atoms with Gasteiger partial charge in [-0.1, -0.05) is 0 Å². The lowest BCUT2D eigenvalue weighted by atomic mass is 10.3. The summed E-state index contributed by atoms with van der Waals surface area (Å²) < 4.78 is 13.6. The molecule has 0 aliphatic carbocycles. The van der Waals surface area contributed by atoms with Crippen molar-refractivity contribution in [2.75, 3.05) is 5.73 Å². The lowest BCUT2D eigenvalue weighted by Crippen LogP contribution is -2.15. The molecule has 0 fully saturated rings.